The summed E-state index contributed by atoms with van der Waals surface area (Å²) in [6, 6.07) is 3.69. The van der Waals surface area contributed by atoms with Gasteiger partial charge in [-0.05, 0) is 25.0 Å². The number of rotatable bonds is 3. The molecule has 132 valence electrons. The van der Waals surface area contributed by atoms with E-state index in [4.69, 9.17) is 9.47 Å². The first kappa shape index (κ1) is 16.4. The summed E-state index contributed by atoms with van der Waals surface area (Å²) in [4.78, 5) is 23.8. The van der Waals surface area contributed by atoms with E-state index in [0.29, 0.717) is 31.2 Å². The van der Waals surface area contributed by atoms with Crippen LogP contribution in [0, 0.1) is 5.92 Å². The van der Waals surface area contributed by atoms with Crippen LogP contribution in [0.2, 0.25) is 0 Å². The number of carbonyl (C=O) groups is 1. The lowest BCUT2D eigenvalue weighted by Gasteiger charge is -2.40. The second kappa shape index (κ2) is 7.06. The molecular weight excluding hydrogens is 318 g/mol. The van der Waals surface area contributed by atoms with Gasteiger partial charge in [0.05, 0.1) is 36.4 Å². The Hall–Kier alpha value is -2.05. The lowest BCUT2D eigenvalue weighted by molar-refractivity contribution is -0.0459. The molecule has 3 atom stereocenters. The summed E-state index contributed by atoms with van der Waals surface area (Å²) in [5, 5.41) is 0.801. The van der Waals surface area contributed by atoms with Gasteiger partial charge < -0.3 is 14.4 Å². The number of nitrogens with zero attached hydrogens (tertiary/aromatic N) is 3. The Labute approximate surface area is 147 Å². The Kier molecular flexibility index (Phi) is 4.63. The molecule has 1 aliphatic heterocycles. The van der Waals surface area contributed by atoms with Gasteiger partial charge in [-0.3, -0.25) is 14.8 Å². The van der Waals surface area contributed by atoms with Crippen molar-refractivity contribution < 1.29 is 14.3 Å². The van der Waals surface area contributed by atoms with Gasteiger partial charge in [-0.15, -0.1) is 0 Å². The van der Waals surface area contributed by atoms with Crippen molar-refractivity contribution >= 4 is 16.8 Å². The molecule has 3 unspecified atom stereocenters. The van der Waals surface area contributed by atoms with Gasteiger partial charge in [0, 0.05) is 43.5 Å². The number of ether oxygens (including phenoxy) is 2. The summed E-state index contributed by atoms with van der Waals surface area (Å²) < 4.78 is 11.4. The van der Waals surface area contributed by atoms with Crippen LogP contribution in [-0.4, -0.2) is 59.8 Å². The smallest absolute Gasteiger partial charge is 0.255 e. The number of hydrogen-bond donors (Lipinski definition) is 0. The molecule has 3 heterocycles. The van der Waals surface area contributed by atoms with E-state index in [1.165, 1.54) is 0 Å². The number of carbonyl (C=O) groups excluding carboxylic acids is 1. The first-order chi connectivity index (χ1) is 12.3. The zero-order valence-electron chi connectivity index (χ0n) is 14.4. The zero-order chi connectivity index (χ0) is 17.2. The van der Waals surface area contributed by atoms with Crippen molar-refractivity contribution in [2.75, 3.05) is 26.9 Å². The lowest BCUT2D eigenvalue weighted by Crippen LogP contribution is -2.53. The van der Waals surface area contributed by atoms with E-state index >= 15 is 0 Å². The second-order valence-corrected chi connectivity index (χ2v) is 6.76. The Morgan fingerprint density at radius 1 is 1.32 bits per heavy atom. The van der Waals surface area contributed by atoms with Crippen molar-refractivity contribution in [1.29, 1.82) is 0 Å². The molecule has 2 aromatic heterocycles. The molecule has 2 aliphatic rings. The highest BCUT2D eigenvalue weighted by Gasteiger charge is 2.40. The fraction of sp³-hybridized carbons (Fsp3) is 0.526. The van der Waals surface area contributed by atoms with Gasteiger partial charge in [0.2, 0.25) is 0 Å². The van der Waals surface area contributed by atoms with E-state index in [2.05, 4.69) is 9.97 Å². The molecule has 1 aliphatic carbocycles. The quantitative estimate of drug-likeness (QED) is 0.857. The van der Waals surface area contributed by atoms with Crippen LogP contribution < -0.4 is 0 Å². The molecule has 0 aromatic carbocycles. The van der Waals surface area contributed by atoms with E-state index in [0.717, 1.165) is 30.2 Å². The number of morpholine rings is 1. The zero-order valence-corrected chi connectivity index (χ0v) is 14.4. The van der Waals surface area contributed by atoms with Gasteiger partial charge >= 0.3 is 0 Å². The lowest BCUT2D eigenvalue weighted by atomic mass is 9.93. The third-order valence-electron chi connectivity index (χ3n) is 5.50. The Morgan fingerprint density at radius 3 is 3.12 bits per heavy atom. The highest BCUT2D eigenvalue weighted by molar-refractivity contribution is 6.05. The van der Waals surface area contributed by atoms with Crippen LogP contribution in [0.1, 0.15) is 29.6 Å². The Balaban J connectivity index is 1.67. The third-order valence-corrected chi connectivity index (χ3v) is 5.50. The summed E-state index contributed by atoms with van der Waals surface area (Å²) in [5.74, 6) is 0.371. The standard InChI is InChI=1S/C19H23N3O3/c1-24-18-4-2-3-14(18)17-12-25-10-9-22(17)19(23)13-5-8-21-16-6-7-20-11-15(13)16/h5-8,11,14,17-18H,2-4,9-10,12H2,1H3. The van der Waals surface area contributed by atoms with E-state index < -0.39 is 0 Å². The summed E-state index contributed by atoms with van der Waals surface area (Å²) in [5.41, 5.74) is 1.46. The first-order valence-corrected chi connectivity index (χ1v) is 8.90. The maximum atomic E-state index is 13.3. The van der Waals surface area contributed by atoms with Crippen molar-refractivity contribution in [3.63, 3.8) is 0 Å². The highest BCUT2D eigenvalue weighted by Crippen LogP contribution is 2.34. The fourth-order valence-corrected chi connectivity index (χ4v) is 4.25. The third kappa shape index (κ3) is 3.00. The molecule has 25 heavy (non-hydrogen) atoms. The topological polar surface area (TPSA) is 64.6 Å². The van der Waals surface area contributed by atoms with Crippen molar-refractivity contribution in [3.05, 3.63) is 36.3 Å². The van der Waals surface area contributed by atoms with Gasteiger partial charge in [-0.25, -0.2) is 0 Å². The Bertz CT molecular complexity index is 761. The molecule has 4 rings (SSSR count). The number of amides is 1. The minimum atomic E-state index is 0.0375. The molecule has 0 radical (unpaired) electrons. The highest BCUT2D eigenvalue weighted by atomic mass is 16.5. The molecule has 6 heteroatoms. The van der Waals surface area contributed by atoms with Crippen LogP contribution in [0.4, 0.5) is 0 Å². The molecule has 0 bridgehead atoms. The molecule has 1 saturated heterocycles. The van der Waals surface area contributed by atoms with Gasteiger partial charge in [0.1, 0.15) is 0 Å². The predicted octanol–water partition coefficient (Wildman–Crippen LogP) is 2.29. The van der Waals surface area contributed by atoms with Crippen molar-refractivity contribution in [2.45, 2.75) is 31.4 Å². The number of hydrogen-bond acceptors (Lipinski definition) is 5. The molecular formula is C19H23N3O3. The van der Waals surface area contributed by atoms with Gasteiger partial charge in [-0.2, -0.15) is 0 Å². The molecule has 2 fully saturated rings. The normalized spacial score (nSPS) is 26.9. The number of fused-ring (bicyclic) bond motifs is 1. The van der Waals surface area contributed by atoms with Crippen LogP contribution >= 0.6 is 0 Å². The van der Waals surface area contributed by atoms with Gasteiger partial charge in [0.15, 0.2) is 0 Å². The van der Waals surface area contributed by atoms with E-state index in [1.54, 1.807) is 31.8 Å². The number of methoxy groups -OCH3 is 1. The predicted molar refractivity (Wildman–Crippen MR) is 93.3 cm³/mol. The summed E-state index contributed by atoms with van der Waals surface area (Å²) in [6.07, 6.45) is 8.60. The molecule has 1 amide bonds. The number of pyridine rings is 2. The van der Waals surface area contributed by atoms with Crippen molar-refractivity contribution in [3.8, 4) is 0 Å². The second-order valence-electron chi connectivity index (χ2n) is 6.76. The van der Waals surface area contributed by atoms with Crippen LogP contribution in [0.15, 0.2) is 30.7 Å². The maximum Gasteiger partial charge on any atom is 0.255 e. The SMILES string of the molecule is COC1CCCC1C1COCCN1C(=O)c1ccnc2ccncc12. The summed E-state index contributed by atoms with van der Waals surface area (Å²) >= 11 is 0. The molecule has 2 aromatic rings. The average Bonchev–Trinajstić information content (AvgIpc) is 3.15. The number of aromatic nitrogens is 2. The average molecular weight is 341 g/mol. The van der Waals surface area contributed by atoms with E-state index in [-0.39, 0.29) is 18.1 Å². The maximum absolute atomic E-state index is 13.3. The molecule has 0 spiro atoms. The Morgan fingerprint density at radius 2 is 2.24 bits per heavy atom. The van der Waals surface area contributed by atoms with E-state index in [9.17, 15) is 4.79 Å². The monoisotopic (exact) mass is 341 g/mol. The minimum absolute atomic E-state index is 0.0375. The first-order valence-electron chi connectivity index (χ1n) is 8.90. The minimum Gasteiger partial charge on any atom is -0.381 e. The molecule has 1 saturated carbocycles. The van der Waals surface area contributed by atoms with Gasteiger partial charge in [0.25, 0.3) is 5.91 Å². The summed E-state index contributed by atoms with van der Waals surface area (Å²) in [7, 11) is 1.76. The largest absolute Gasteiger partial charge is 0.381 e. The van der Waals surface area contributed by atoms with E-state index in [1.807, 2.05) is 11.0 Å². The van der Waals surface area contributed by atoms with Crippen LogP contribution in [0.5, 0.6) is 0 Å². The van der Waals surface area contributed by atoms with Crippen LogP contribution in [0.25, 0.3) is 10.9 Å². The van der Waals surface area contributed by atoms with Gasteiger partial charge in [-0.1, -0.05) is 6.42 Å². The fourth-order valence-electron chi connectivity index (χ4n) is 4.25. The molecule has 0 N–H and O–H groups in total. The molecule has 6 nitrogen and oxygen atoms in total. The van der Waals surface area contributed by atoms with Crippen molar-refractivity contribution in [2.24, 2.45) is 5.92 Å². The van der Waals surface area contributed by atoms with Crippen LogP contribution in [-0.2, 0) is 9.47 Å². The summed E-state index contributed by atoms with van der Waals surface area (Å²) in [6.45, 7) is 1.77. The van der Waals surface area contributed by atoms with Crippen LogP contribution in [0.3, 0.4) is 0 Å². The van der Waals surface area contributed by atoms with Crippen molar-refractivity contribution in [1.82, 2.24) is 14.9 Å².